The number of halogens is 2. The average Bonchev–Trinajstić information content (AvgIpc) is 3.73. The summed E-state index contributed by atoms with van der Waals surface area (Å²) in [4.78, 5) is 37.9. The van der Waals surface area contributed by atoms with Gasteiger partial charge in [0.25, 0.3) is 0 Å². The third-order valence-electron chi connectivity index (χ3n) is 13.6. The first-order valence-electron chi connectivity index (χ1n) is 18.6. The van der Waals surface area contributed by atoms with E-state index in [1.807, 2.05) is 59.9 Å². The number of carbonyl (C=O) groups is 2. The quantitative estimate of drug-likeness (QED) is 0.245. The summed E-state index contributed by atoms with van der Waals surface area (Å²) in [5.74, 6) is 2.29. The molecule has 15 heteroatoms. The Balaban J connectivity index is 0.000000224. The summed E-state index contributed by atoms with van der Waals surface area (Å²) < 4.78 is 12.6. The van der Waals surface area contributed by atoms with Crippen LogP contribution in [0.1, 0.15) is 73.3 Å². The number of nitrogens with zero attached hydrogens (tertiary/aromatic N) is 6. The Morgan fingerprint density at radius 1 is 0.545 bits per heavy atom. The lowest BCUT2D eigenvalue weighted by atomic mass is 9.76. The molecule has 0 aliphatic carbocycles. The van der Waals surface area contributed by atoms with Gasteiger partial charge in [0.2, 0.25) is 0 Å². The molecule has 0 saturated carbocycles. The lowest BCUT2D eigenvalue weighted by Crippen LogP contribution is -2.63. The highest BCUT2D eigenvalue weighted by atomic mass is 35.5. The van der Waals surface area contributed by atoms with Crippen molar-refractivity contribution in [1.29, 1.82) is 0 Å². The summed E-state index contributed by atoms with van der Waals surface area (Å²) in [5.41, 5.74) is 4.71. The van der Waals surface area contributed by atoms with Crippen molar-refractivity contribution in [1.82, 2.24) is 29.4 Å². The Kier molecular flexibility index (Phi) is 13.2. The van der Waals surface area contributed by atoms with E-state index >= 15 is 0 Å². The molecular formula is C40H58Cl2N6O7. The Bertz CT molecular complexity index is 1850. The van der Waals surface area contributed by atoms with Crippen LogP contribution < -0.4 is 0 Å². The van der Waals surface area contributed by atoms with Gasteiger partial charge in [-0.25, -0.2) is 9.59 Å². The summed E-state index contributed by atoms with van der Waals surface area (Å²) >= 11 is 0. The first-order chi connectivity index (χ1) is 24.2. The average molecular weight is 806 g/mol. The molecule has 4 fully saturated rings. The fraction of sp³-hybridized carbons (Fsp3) is 0.550. The number of hydrogen-bond acceptors (Lipinski definition) is 6. The zero-order chi connectivity index (χ0) is 34.4. The van der Waals surface area contributed by atoms with Gasteiger partial charge in [-0.05, 0) is 63.5 Å². The van der Waals surface area contributed by atoms with Crippen molar-refractivity contribution in [3.8, 4) is 0 Å². The number of hydrogen-bond donors (Lipinski definition) is 0. The van der Waals surface area contributed by atoms with E-state index in [9.17, 15) is 9.59 Å². The number of fused-ring (bicyclic) bond motifs is 10. The predicted molar refractivity (Wildman–Crippen MR) is 219 cm³/mol. The van der Waals surface area contributed by atoms with Crippen LogP contribution in [0.2, 0.25) is 0 Å². The minimum absolute atomic E-state index is 0. The molecule has 8 heterocycles. The maximum absolute atomic E-state index is 12.6. The van der Waals surface area contributed by atoms with Crippen molar-refractivity contribution < 1.29 is 34.9 Å². The van der Waals surface area contributed by atoms with Crippen LogP contribution in [0.5, 0.6) is 0 Å². The van der Waals surface area contributed by atoms with Gasteiger partial charge in [0, 0.05) is 100 Å². The highest BCUT2D eigenvalue weighted by molar-refractivity contribution is 5.86. The SMILES string of the molecule is CN1CC[C@]2(CCN3CCc4c(oc5ccccc45)[C@@H]3C2)N(C)C1=O.CN1CC[C@]2(CCN3CCc4c(oc5ccccc45)[C@@H]3C2)N(C)C1=O.Cl.Cl.O.O.O. The number of amides is 4. The van der Waals surface area contributed by atoms with Gasteiger partial charge in [0.05, 0.1) is 12.1 Å². The van der Waals surface area contributed by atoms with Crippen LogP contribution in [-0.2, 0) is 12.8 Å². The van der Waals surface area contributed by atoms with Gasteiger partial charge in [-0.2, -0.15) is 0 Å². The molecule has 6 N–H and O–H groups in total. The first-order valence-corrected chi connectivity index (χ1v) is 18.6. The number of carbonyl (C=O) groups excluding carboxylic acids is 2. The molecule has 13 nitrogen and oxygen atoms in total. The Morgan fingerprint density at radius 2 is 0.909 bits per heavy atom. The topological polar surface area (TPSA) is 174 Å². The van der Waals surface area contributed by atoms with Crippen molar-refractivity contribution in [3.63, 3.8) is 0 Å². The third-order valence-corrected chi connectivity index (χ3v) is 13.6. The highest BCUT2D eigenvalue weighted by Gasteiger charge is 2.51. The smallest absolute Gasteiger partial charge is 0.319 e. The Hall–Kier alpha value is -3.56. The van der Waals surface area contributed by atoms with Gasteiger partial charge in [-0.1, -0.05) is 36.4 Å². The van der Waals surface area contributed by atoms with Gasteiger partial charge in [0.1, 0.15) is 22.7 Å². The van der Waals surface area contributed by atoms with Crippen molar-refractivity contribution in [2.75, 3.05) is 67.5 Å². The van der Waals surface area contributed by atoms with E-state index < -0.39 is 0 Å². The first kappa shape index (κ1) is 44.2. The van der Waals surface area contributed by atoms with Gasteiger partial charge < -0.3 is 44.9 Å². The number of rotatable bonds is 0. The molecule has 10 rings (SSSR count). The second kappa shape index (κ2) is 16.5. The number of para-hydroxylation sites is 2. The summed E-state index contributed by atoms with van der Waals surface area (Å²) in [5, 5.41) is 2.54. The van der Waals surface area contributed by atoms with E-state index in [-0.39, 0.29) is 64.4 Å². The number of benzene rings is 2. The molecule has 4 saturated heterocycles. The van der Waals surface area contributed by atoms with Gasteiger partial charge in [-0.3, -0.25) is 9.80 Å². The molecular weight excluding hydrogens is 747 g/mol. The molecule has 2 aromatic heterocycles. The summed E-state index contributed by atoms with van der Waals surface area (Å²) in [6, 6.07) is 17.7. The van der Waals surface area contributed by atoms with Crippen LogP contribution in [0.4, 0.5) is 9.59 Å². The second-order valence-corrected chi connectivity index (χ2v) is 15.9. The molecule has 4 aromatic rings. The number of furan rings is 2. The van der Waals surface area contributed by atoms with Crippen LogP contribution in [-0.4, -0.2) is 136 Å². The Morgan fingerprint density at radius 3 is 1.31 bits per heavy atom. The normalized spacial score (nSPS) is 27.3. The van der Waals surface area contributed by atoms with Gasteiger partial charge >= 0.3 is 12.1 Å². The maximum atomic E-state index is 12.6. The predicted octanol–water partition coefficient (Wildman–Crippen LogP) is 4.87. The molecule has 2 spiro atoms. The zero-order valence-corrected chi connectivity index (χ0v) is 33.9. The molecule has 0 bridgehead atoms. The Labute approximate surface area is 335 Å². The van der Waals surface area contributed by atoms with Crippen molar-refractivity contribution in [2.45, 2.75) is 74.5 Å². The highest BCUT2D eigenvalue weighted by Crippen LogP contribution is 2.49. The largest absolute Gasteiger partial charge is 0.459 e. The van der Waals surface area contributed by atoms with E-state index in [0.717, 1.165) is 113 Å². The fourth-order valence-corrected chi connectivity index (χ4v) is 10.3. The van der Waals surface area contributed by atoms with Crippen LogP contribution in [0.15, 0.2) is 57.4 Å². The fourth-order valence-electron chi connectivity index (χ4n) is 10.3. The van der Waals surface area contributed by atoms with Crippen LogP contribution in [0, 0.1) is 0 Å². The third kappa shape index (κ3) is 6.96. The van der Waals surface area contributed by atoms with E-state index in [1.165, 1.54) is 21.9 Å². The minimum atomic E-state index is -0.0294. The molecule has 2 aromatic carbocycles. The molecule has 0 radical (unpaired) electrons. The number of urea groups is 2. The summed E-state index contributed by atoms with van der Waals surface area (Å²) in [7, 11) is 7.77. The van der Waals surface area contributed by atoms with Crippen LogP contribution in [0.25, 0.3) is 21.9 Å². The lowest BCUT2D eigenvalue weighted by molar-refractivity contribution is -0.0186. The monoisotopic (exact) mass is 804 g/mol. The van der Waals surface area contributed by atoms with E-state index in [1.54, 1.807) is 0 Å². The molecule has 304 valence electrons. The summed E-state index contributed by atoms with van der Waals surface area (Å²) in [6.07, 6.45) is 8.31. The lowest BCUT2D eigenvalue weighted by Gasteiger charge is -2.54. The molecule has 55 heavy (non-hydrogen) atoms. The van der Waals surface area contributed by atoms with E-state index in [0.29, 0.717) is 12.1 Å². The second-order valence-electron chi connectivity index (χ2n) is 15.9. The maximum Gasteiger partial charge on any atom is 0.319 e. The molecule has 0 unspecified atom stereocenters. The minimum Gasteiger partial charge on any atom is -0.459 e. The van der Waals surface area contributed by atoms with E-state index in [4.69, 9.17) is 8.83 Å². The van der Waals surface area contributed by atoms with Crippen molar-refractivity contribution in [2.24, 2.45) is 0 Å². The summed E-state index contributed by atoms with van der Waals surface area (Å²) in [6.45, 7) is 5.97. The number of piperidine rings is 2. The van der Waals surface area contributed by atoms with Gasteiger partial charge in [-0.15, -0.1) is 24.8 Å². The van der Waals surface area contributed by atoms with E-state index in [2.05, 4.69) is 46.2 Å². The standard InChI is InChI=1S/2C20H25N3O2.2ClH.3H2O/c2*1-21-11-8-20(22(2)19(21)24)9-12-23-10-7-15-14-5-3-4-6-17(14)25-18(15)16(23)13-20;;;;;/h2*3-6,16H,7-13H2,1-2H3;2*1H;3*1H2/t2*16-,20+;;;;;/m00...../s1. The molecule has 4 atom stereocenters. The van der Waals surface area contributed by atoms with Crippen molar-refractivity contribution >= 4 is 58.8 Å². The van der Waals surface area contributed by atoms with Crippen LogP contribution >= 0.6 is 24.8 Å². The molecule has 6 aliphatic heterocycles. The molecule has 4 amide bonds. The zero-order valence-electron chi connectivity index (χ0n) is 32.3. The van der Waals surface area contributed by atoms with Crippen molar-refractivity contribution in [3.05, 3.63) is 71.2 Å². The van der Waals surface area contributed by atoms with Gasteiger partial charge in [0.15, 0.2) is 0 Å². The molecule has 6 aliphatic rings. The van der Waals surface area contributed by atoms with Crippen LogP contribution in [0.3, 0.4) is 0 Å².